The number of nitrogens with one attached hydrogen (secondary N) is 1. The number of halogens is 1. The third-order valence-corrected chi connectivity index (χ3v) is 2.48. The SMILES string of the molecule is COc1cnc(NCc2ccc(Cl)cc2)nc1. The van der Waals surface area contributed by atoms with Crippen molar-refractivity contribution >= 4 is 17.5 Å². The molecule has 1 aromatic heterocycles. The standard InChI is InChI=1S/C12H12ClN3O/c1-17-11-7-15-12(16-8-11)14-6-9-2-4-10(13)5-3-9/h2-5,7-8H,6H2,1H3,(H,14,15,16). The summed E-state index contributed by atoms with van der Waals surface area (Å²) in [6.45, 7) is 0.656. The van der Waals surface area contributed by atoms with Gasteiger partial charge in [-0.3, -0.25) is 0 Å². The van der Waals surface area contributed by atoms with Gasteiger partial charge >= 0.3 is 0 Å². The lowest BCUT2D eigenvalue weighted by Gasteiger charge is -2.05. The van der Waals surface area contributed by atoms with Crippen molar-refractivity contribution in [2.24, 2.45) is 0 Å². The third kappa shape index (κ3) is 3.32. The molecule has 0 radical (unpaired) electrons. The summed E-state index contributed by atoms with van der Waals surface area (Å²) in [6, 6.07) is 7.62. The average Bonchev–Trinajstić information content (AvgIpc) is 2.39. The van der Waals surface area contributed by atoms with Gasteiger partial charge in [0.05, 0.1) is 19.5 Å². The normalized spacial score (nSPS) is 10.0. The zero-order chi connectivity index (χ0) is 12.1. The van der Waals surface area contributed by atoms with Crippen molar-refractivity contribution in [2.45, 2.75) is 6.54 Å². The quantitative estimate of drug-likeness (QED) is 0.905. The molecular formula is C12H12ClN3O. The Morgan fingerprint density at radius 1 is 1.18 bits per heavy atom. The Bertz CT molecular complexity index is 470. The molecule has 0 aliphatic carbocycles. The molecule has 0 bridgehead atoms. The molecule has 5 heteroatoms. The number of hydrogen-bond acceptors (Lipinski definition) is 4. The van der Waals surface area contributed by atoms with Crippen molar-refractivity contribution in [1.29, 1.82) is 0 Å². The van der Waals surface area contributed by atoms with Gasteiger partial charge in [-0.1, -0.05) is 23.7 Å². The lowest BCUT2D eigenvalue weighted by atomic mass is 10.2. The minimum Gasteiger partial charge on any atom is -0.494 e. The van der Waals surface area contributed by atoms with Gasteiger partial charge < -0.3 is 10.1 Å². The van der Waals surface area contributed by atoms with Gasteiger partial charge in [-0.15, -0.1) is 0 Å². The van der Waals surface area contributed by atoms with Crippen molar-refractivity contribution in [1.82, 2.24) is 9.97 Å². The molecule has 1 aromatic carbocycles. The second-order valence-corrected chi connectivity index (χ2v) is 3.86. The number of nitrogens with zero attached hydrogens (tertiary/aromatic N) is 2. The van der Waals surface area contributed by atoms with Crippen molar-refractivity contribution in [3.8, 4) is 5.75 Å². The smallest absolute Gasteiger partial charge is 0.223 e. The van der Waals surface area contributed by atoms with Crippen molar-refractivity contribution in [2.75, 3.05) is 12.4 Å². The lowest BCUT2D eigenvalue weighted by molar-refractivity contribution is 0.411. The molecule has 2 aromatic rings. The molecule has 17 heavy (non-hydrogen) atoms. The molecule has 0 fully saturated rings. The highest BCUT2D eigenvalue weighted by Gasteiger charge is 1.97. The maximum absolute atomic E-state index is 5.80. The fourth-order valence-electron chi connectivity index (χ4n) is 1.30. The van der Waals surface area contributed by atoms with E-state index in [-0.39, 0.29) is 0 Å². The summed E-state index contributed by atoms with van der Waals surface area (Å²) in [4.78, 5) is 8.22. The molecule has 2 rings (SSSR count). The molecule has 0 amide bonds. The summed E-state index contributed by atoms with van der Waals surface area (Å²) in [5.74, 6) is 1.21. The third-order valence-electron chi connectivity index (χ3n) is 2.23. The van der Waals surface area contributed by atoms with Crippen LogP contribution in [0, 0.1) is 0 Å². The van der Waals surface area contributed by atoms with Crippen LogP contribution in [-0.2, 0) is 6.54 Å². The molecule has 0 unspecified atom stereocenters. The number of hydrogen-bond donors (Lipinski definition) is 1. The van der Waals surface area contributed by atoms with Gasteiger partial charge in [0.2, 0.25) is 5.95 Å². The zero-order valence-corrected chi connectivity index (χ0v) is 10.1. The Morgan fingerprint density at radius 3 is 2.41 bits per heavy atom. The maximum Gasteiger partial charge on any atom is 0.223 e. The molecule has 0 saturated carbocycles. The first kappa shape index (κ1) is 11.7. The zero-order valence-electron chi connectivity index (χ0n) is 9.35. The molecule has 0 aliphatic heterocycles. The van der Waals surface area contributed by atoms with Crippen LogP contribution in [0.25, 0.3) is 0 Å². The van der Waals surface area contributed by atoms with Crippen LogP contribution >= 0.6 is 11.6 Å². The Kier molecular flexibility index (Phi) is 3.77. The molecule has 88 valence electrons. The van der Waals surface area contributed by atoms with E-state index in [1.807, 2.05) is 24.3 Å². The van der Waals surface area contributed by atoms with Crippen LogP contribution in [0.1, 0.15) is 5.56 Å². The Balaban J connectivity index is 1.95. The van der Waals surface area contributed by atoms with Crippen LogP contribution in [0.2, 0.25) is 5.02 Å². The van der Waals surface area contributed by atoms with E-state index in [0.29, 0.717) is 18.2 Å². The Hall–Kier alpha value is -1.81. The molecular weight excluding hydrogens is 238 g/mol. The van der Waals surface area contributed by atoms with E-state index in [9.17, 15) is 0 Å². The largest absolute Gasteiger partial charge is 0.494 e. The molecule has 1 N–H and O–H groups in total. The lowest BCUT2D eigenvalue weighted by Crippen LogP contribution is -2.03. The fraction of sp³-hybridized carbons (Fsp3) is 0.167. The first-order chi connectivity index (χ1) is 8.28. The second kappa shape index (κ2) is 5.50. The molecule has 0 atom stereocenters. The minimum absolute atomic E-state index is 0.570. The van der Waals surface area contributed by atoms with E-state index >= 15 is 0 Å². The molecule has 4 nitrogen and oxygen atoms in total. The first-order valence-electron chi connectivity index (χ1n) is 5.12. The van der Waals surface area contributed by atoms with Gasteiger partial charge in [-0.2, -0.15) is 0 Å². The number of anilines is 1. The van der Waals surface area contributed by atoms with E-state index < -0.39 is 0 Å². The molecule has 0 saturated heterocycles. The van der Waals surface area contributed by atoms with Gasteiger partial charge in [0.25, 0.3) is 0 Å². The van der Waals surface area contributed by atoms with Gasteiger partial charge in [-0.25, -0.2) is 9.97 Å². The molecule has 0 aliphatic rings. The molecule has 1 heterocycles. The highest BCUT2D eigenvalue weighted by atomic mass is 35.5. The van der Waals surface area contributed by atoms with E-state index in [4.69, 9.17) is 16.3 Å². The first-order valence-corrected chi connectivity index (χ1v) is 5.50. The van der Waals surface area contributed by atoms with Crippen LogP contribution in [0.5, 0.6) is 5.75 Å². The van der Waals surface area contributed by atoms with E-state index in [2.05, 4.69) is 15.3 Å². The van der Waals surface area contributed by atoms with Crippen LogP contribution in [0.15, 0.2) is 36.7 Å². The second-order valence-electron chi connectivity index (χ2n) is 3.43. The van der Waals surface area contributed by atoms with E-state index in [1.54, 1.807) is 19.5 Å². The van der Waals surface area contributed by atoms with E-state index in [1.165, 1.54) is 0 Å². The van der Waals surface area contributed by atoms with Crippen molar-refractivity contribution < 1.29 is 4.74 Å². The fourth-order valence-corrected chi connectivity index (χ4v) is 1.42. The van der Waals surface area contributed by atoms with Gasteiger partial charge in [-0.05, 0) is 17.7 Å². The topological polar surface area (TPSA) is 47.0 Å². The van der Waals surface area contributed by atoms with Gasteiger partial charge in [0.1, 0.15) is 0 Å². The highest BCUT2D eigenvalue weighted by molar-refractivity contribution is 6.30. The van der Waals surface area contributed by atoms with Crippen LogP contribution in [-0.4, -0.2) is 17.1 Å². The Morgan fingerprint density at radius 2 is 1.82 bits per heavy atom. The number of aromatic nitrogens is 2. The number of ether oxygens (including phenoxy) is 1. The Labute approximate surface area is 105 Å². The summed E-state index contributed by atoms with van der Waals surface area (Å²) in [7, 11) is 1.58. The van der Waals surface area contributed by atoms with Crippen LogP contribution in [0.4, 0.5) is 5.95 Å². The summed E-state index contributed by atoms with van der Waals surface area (Å²) >= 11 is 5.80. The van der Waals surface area contributed by atoms with Gasteiger partial charge in [0.15, 0.2) is 5.75 Å². The predicted molar refractivity (Wildman–Crippen MR) is 67.4 cm³/mol. The predicted octanol–water partition coefficient (Wildman–Crippen LogP) is 2.75. The number of benzene rings is 1. The van der Waals surface area contributed by atoms with Crippen LogP contribution < -0.4 is 10.1 Å². The van der Waals surface area contributed by atoms with Crippen molar-refractivity contribution in [3.63, 3.8) is 0 Å². The van der Waals surface area contributed by atoms with Gasteiger partial charge in [0, 0.05) is 11.6 Å². The van der Waals surface area contributed by atoms with Crippen molar-refractivity contribution in [3.05, 3.63) is 47.2 Å². The average molecular weight is 250 g/mol. The summed E-state index contributed by atoms with van der Waals surface area (Å²) in [6.07, 6.45) is 3.24. The summed E-state index contributed by atoms with van der Waals surface area (Å²) < 4.78 is 4.98. The monoisotopic (exact) mass is 249 g/mol. The number of rotatable bonds is 4. The highest BCUT2D eigenvalue weighted by Crippen LogP contribution is 2.11. The van der Waals surface area contributed by atoms with Crippen LogP contribution in [0.3, 0.4) is 0 Å². The summed E-state index contributed by atoms with van der Waals surface area (Å²) in [5.41, 5.74) is 1.12. The summed E-state index contributed by atoms with van der Waals surface area (Å²) in [5, 5.41) is 3.84. The number of methoxy groups -OCH3 is 1. The minimum atomic E-state index is 0.570. The van der Waals surface area contributed by atoms with E-state index in [0.717, 1.165) is 10.6 Å². The molecule has 0 spiro atoms. The maximum atomic E-state index is 5.80.